The van der Waals surface area contributed by atoms with Gasteiger partial charge in [0.2, 0.25) is 0 Å². The number of hydrogen-bond donors (Lipinski definition) is 0. The fourth-order valence-electron chi connectivity index (χ4n) is 3.35. The normalized spacial score (nSPS) is 12.6. The Balaban J connectivity index is 2.40. The van der Waals surface area contributed by atoms with Crippen LogP contribution in [-0.4, -0.2) is 10.4 Å². The van der Waals surface area contributed by atoms with Crippen LogP contribution in [-0.2, 0) is 7.05 Å². The molecule has 4 heteroatoms. The van der Waals surface area contributed by atoms with E-state index >= 15 is 0 Å². The maximum absolute atomic E-state index is 12.9. The van der Waals surface area contributed by atoms with Crippen LogP contribution in [0.15, 0.2) is 45.7 Å². The molecule has 4 rings (SSSR count). The molecule has 22 heavy (non-hydrogen) atoms. The Morgan fingerprint density at radius 2 is 1.64 bits per heavy atom. The number of benzene rings is 2. The molecule has 108 valence electrons. The first kappa shape index (κ1) is 13.5. The van der Waals surface area contributed by atoms with Crippen molar-refractivity contribution in [2.75, 3.05) is 0 Å². The molecule has 1 heterocycles. The van der Waals surface area contributed by atoms with Crippen LogP contribution in [0.4, 0.5) is 0 Å². The SMILES string of the molecule is Cc1c2c3c(c(Br)ccc3n(C)c1=O)C(=O)c1ccccc1-2. The smallest absolute Gasteiger partial charge is 0.254 e. The van der Waals surface area contributed by atoms with Gasteiger partial charge in [0.15, 0.2) is 5.78 Å². The molecule has 3 aromatic rings. The maximum Gasteiger partial charge on any atom is 0.254 e. The molecular weight excluding hydrogens is 342 g/mol. The Bertz CT molecular complexity index is 1050. The highest BCUT2D eigenvalue weighted by molar-refractivity contribution is 9.10. The van der Waals surface area contributed by atoms with Crippen molar-refractivity contribution in [2.24, 2.45) is 7.05 Å². The van der Waals surface area contributed by atoms with Crippen LogP contribution in [0.25, 0.3) is 22.0 Å². The van der Waals surface area contributed by atoms with Crippen LogP contribution < -0.4 is 5.56 Å². The first-order valence-corrected chi connectivity index (χ1v) is 7.77. The quantitative estimate of drug-likeness (QED) is 0.482. The first-order chi connectivity index (χ1) is 10.5. The molecule has 0 amide bonds. The summed E-state index contributed by atoms with van der Waals surface area (Å²) in [6, 6.07) is 11.2. The molecule has 0 saturated carbocycles. The molecule has 0 radical (unpaired) electrons. The van der Waals surface area contributed by atoms with Gasteiger partial charge in [-0.05, 0) is 24.6 Å². The third kappa shape index (κ3) is 1.50. The predicted molar refractivity (Wildman–Crippen MR) is 90.5 cm³/mol. The predicted octanol–water partition coefficient (Wildman–Crippen LogP) is 3.82. The lowest BCUT2D eigenvalue weighted by atomic mass is 9.82. The second kappa shape index (κ2) is 4.40. The van der Waals surface area contributed by atoms with Gasteiger partial charge in [-0.25, -0.2) is 0 Å². The molecule has 0 saturated heterocycles. The third-order valence-corrected chi connectivity index (χ3v) is 5.07. The summed E-state index contributed by atoms with van der Waals surface area (Å²) in [5, 5.41) is 0.859. The number of pyridine rings is 1. The molecule has 0 aliphatic heterocycles. The minimum atomic E-state index is -0.0278. The average Bonchev–Trinajstić information content (AvgIpc) is 2.52. The largest absolute Gasteiger partial charge is 0.311 e. The number of ketones is 1. The Hall–Kier alpha value is -2.20. The second-order valence-corrected chi connectivity index (χ2v) is 6.41. The minimum absolute atomic E-state index is 0.00127. The summed E-state index contributed by atoms with van der Waals surface area (Å²) in [6.07, 6.45) is 0. The number of carbonyl (C=O) groups excluding carboxylic acids is 1. The molecule has 0 unspecified atom stereocenters. The monoisotopic (exact) mass is 353 g/mol. The van der Waals surface area contributed by atoms with Crippen molar-refractivity contribution in [3.05, 3.63) is 67.9 Å². The Kier molecular flexibility index (Phi) is 2.69. The van der Waals surface area contributed by atoms with Crippen molar-refractivity contribution in [2.45, 2.75) is 6.92 Å². The van der Waals surface area contributed by atoms with Crippen molar-refractivity contribution in [3.63, 3.8) is 0 Å². The maximum atomic E-state index is 12.9. The zero-order valence-electron chi connectivity index (χ0n) is 12.1. The van der Waals surface area contributed by atoms with E-state index in [0.717, 1.165) is 26.5 Å². The van der Waals surface area contributed by atoms with E-state index in [-0.39, 0.29) is 11.3 Å². The zero-order chi connectivity index (χ0) is 15.6. The van der Waals surface area contributed by atoms with Crippen molar-refractivity contribution < 1.29 is 4.79 Å². The summed E-state index contributed by atoms with van der Waals surface area (Å²) < 4.78 is 2.38. The van der Waals surface area contributed by atoms with E-state index in [4.69, 9.17) is 0 Å². The molecule has 0 fully saturated rings. The molecule has 0 atom stereocenters. The summed E-state index contributed by atoms with van der Waals surface area (Å²) in [5.41, 5.74) is 4.45. The van der Waals surface area contributed by atoms with Gasteiger partial charge >= 0.3 is 0 Å². The van der Waals surface area contributed by atoms with E-state index in [1.807, 2.05) is 43.3 Å². The fraction of sp³-hybridized carbons (Fsp3) is 0.111. The molecule has 0 bridgehead atoms. The van der Waals surface area contributed by atoms with Gasteiger partial charge in [-0.15, -0.1) is 0 Å². The number of fused-ring (bicyclic) bond motifs is 2. The number of hydrogen-bond acceptors (Lipinski definition) is 2. The summed E-state index contributed by atoms with van der Waals surface area (Å²) >= 11 is 3.50. The van der Waals surface area contributed by atoms with E-state index in [2.05, 4.69) is 15.9 Å². The van der Waals surface area contributed by atoms with Crippen LogP contribution in [0.2, 0.25) is 0 Å². The summed E-state index contributed by atoms with van der Waals surface area (Å²) in [5.74, 6) is -0.00127. The van der Waals surface area contributed by atoms with Gasteiger partial charge in [0, 0.05) is 39.2 Å². The van der Waals surface area contributed by atoms with Gasteiger partial charge < -0.3 is 4.57 Å². The van der Waals surface area contributed by atoms with Crippen molar-refractivity contribution in [3.8, 4) is 11.1 Å². The summed E-state index contributed by atoms with van der Waals surface area (Å²) in [6.45, 7) is 1.83. The fourth-order valence-corrected chi connectivity index (χ4v) is 3.86. The van der Waals surface area contributed by atoms with Crippen molar-refractivity contribution in [1.29, 1.82) is 0 Å². The van der Waals surface area contributed by atoms with Crippen molar-refractivity contribution in [1.82, 2.24) is 4.57 Å². The van der Waals surface area contributed by atoms with E-state index in [1.54, 1.807) is 11.6 Å². The number of halogens is 1. The topological polar surface area (TPSA) is 39.1 Å². The van der Waals surface area contributed by atoms with Crippen LogP contribution in [0.5, 0.6) is 0 Å². The van der Waals surface area contributed by atoms with Crippen LogP contribution in [0.3, 0.4) is 0 Å². The molecule has 2 aromatic carbocycles. The van der Waals surface area contributed by atoms with Gasteiger partial charge in [-0.2, -0.15) is 0 Å². The number of carbonyl (C=O) groups is 1. The summed E-state index contributed by atoms with van der Waals surface area (Å²) in [7, 11) is 1.75. The van der Waals surface area contributed by atoms with E-state index < -0.39 is 0 Å². The molecular formula is C18H12BrNO2. The number of aryl methyl sites for hydroxylation is 1. The molecule has 1 aliphatic carbocycles. The van der Waals surface area contributed by atoms with E-state index in [9.17, 15) is 9.59 Å². The Morgan fingerprint density at radius 3 is 2.36 bits per heavy atom. The van der Waals surface area contributed by atoms with Gasteiger partial charge in [0.25, 0.3) is 5.56 Å². The van der Waals surface area contributed by atoms with Gasteiger partial charge in [0.05, 0.1) is 5.52 Å². The molecule has 3 nitrogen and oxygen atoms in total. The highest BCUT2D eigenvalue weighted by atomic mass is 79.9. The van der Waals surface area contributed by atoms with Crippen molar-refractivity contribution >= 4 is 32.6 Å². The molecule has 1 aliphatic rings. The first-order valence-electron chi connectivity index (χ1n) is 6.98. The molecule has 1 aromatic heterocycles. The Morgan fingerprint density at radius 1 is 0.955 bits per heavy atom. The highest BCUT2D eigenvalue weighted by Crippen LogP contribution is 2.42. The number of rotatable bonds is 0. The van der Waals surface area contributed by atoms with Crippen LogP contribution in [0.1, 0.15) is 21.5 Å². The van der Waals surface area contributed by atoms with E-state index in [1.165, 1.54) is 0 Å². The Labute approximate surface area is 135 Å². The van der Waals surface area contributed by atoms with Gasteiger partial charge in [-0.1, -0.05) is 40.2 Å². The molecule has 0 spiro atoms. The standard InChI is InChI=1S/C18H12BrNO2/c1-9-14-10-5-3-4-6-11(10)17(21)15-12(19)7-8-13(16(14)15)20(2)18(9)22/h3-8H,1-2H3. The van der Waals surface area contributed by atoms with Gasteiger partial charge in [0.1, 0.15) is 0 Å². The third-order valence-electron chi connectivity index (χ3n) is 4.41. The average molecular weight is 354 g/mol. The second-order valence-electron chi connectivity index (χ2n) is 5.56. The summed E-state index contributed by atoms with van der Waals surface area (Å²) in [4.78, 5) is 25.4. The number of aromatic nitrogens is 1. The number of nitrogens with zero attached hydrogens (tertiary/aromatic N) is 1. The van der Waals surface area contributed by atoms with E-state index in [0.29, 0.717) is 16.7 Å². The minimum Gasteiger partial charge on any atom is -0.311 e. The highest BCUT2D eigenvalue weighted by Gasteiger charge is 2.29. The van der Waals surface area contributed by atoms with Crippen LogP contribution in [0, 0.1) is 6.92 Å². The van der Waals surface area contributed by atoms with Crippen LogP contribution >= 0.6 is 15.9 Å². The lowest BCUT2D eigenvalue weighted by Gasteiger charge is -2.23. The van der Waals surface area contributed by atoms with Gasteiger partial charge in [-0.3, -0.25) is 9.59 Å². The zero-order valence-corrected chi connectivity index (χ0v) is 13.7. The lowest BCUT2D eigenvalue weighted by Crippen LogP contribution is -2.24. The molecule has 0 N–H and O–H groups in total. The lowest BCUT2D eigenvalue weighted by molar-refractivity contribution is 0.103.